The van der Waals surface area contributed by atoms with Crippen molar-refractivity contribution in [1.29, 1.82) is 0 Å². The molecule has 3 N–H and O–H groups in total. The maximum Gasteiger partial charge on any atom is 0.261 e. The molecule has 1 saturated carbocycles. The van der Waals surface area contributed by atoms with Gasteiger partial charge in [-0.15, -0.1) is 0 Å². The van der Waals surface area contributed by atoms with Gasteiger partial charge in [0, 0.05) is 18.8 Å². The van der Waals surface area contributed by atoms with Gasteiger partial charge in [0.05, 0.1) is 10.6 Å². The van der Waals surface area contributed by atoms with Crippen molar-refractivity contribution in [3.8, 4) is 0 Å². The highest BCUT2D eigenvalue weighted by molar-refractivity contribution is 8.03. The molecule has 2 atom stereocenters. The standard InChI is InChI=1S/C26H35N3O2S2/c1-20(17-21-9-4-3-5-10-21)27-19-22-11-6-7-14-25(22)29-33(30,31)24-13-8-12-23(18-24)26(2)28-15-16-32-26/h6-8,11-16,18,20-21,27-29H,3-5,9-10,17,19H2,1-2H3/t20-,26?/m0/s1. The zero-order valence-electron chi connectivity index (χ0n) is 19.5. The minimum absolute atomic E-state index is 0.268. The largest absolute Gasteiger partial charge is 0.373 e. The third-order valence-electron chi connectivity index (χ3n) is 6.74. The second-order valence-corrected chi connectivity index (χ2v) is 12.4. The van der Waals surface area contributed by atoms with Crippen LogP contribution in [0.3, 0.4) is 0 Å². The monoisotopic (exact) mass is 485 g/mol. The first kappa shape index (κ1) is 24.2. The quantitative estimate of drug-likeness (QED) is 0.411. The maximum absolute atomic E-state index is 13.3. The van der Waals surface area contributed by atoms with Crippen LogP contribution in [0.25, 0.3) is 0 Å². The maximum atomic E-state index is 13.3. The summed E-state index contributed by atoms with van der Waals surface area (Å²) in [5.41, 5.74) is 2.50. The predicted octanol–water partition coefficient (Wildman–Crippen LogP) is 5.92. The molecule has 0 saturated heterocycles. The summed E-state index contributed by atoms with van der Waals surface area (Å²) in [6, 6.07) is 15.2. The van der Waals surface area contributed by atoms with Crippen LogP contribution in [0, 0.1) is 5.92 Å². The molecule has 33 heavy (non-hydrogen) atoms. The first-order valence-corrected chi connectivity index (χ1v) is 14.3. The smallest absolute Gasteiger partial charge is 0.261 e. The Hall–Kier alpha value is -1.96. The zero-order chi connectivity index (χ0) is 23.3. The molecule has 2 aliphatic rings. The Balaban J connectivity index is 1.43. The summed E-state index contributed by atoms with van der Waals surface area (Å²) in [7, 11) is -3.71. The molecule has 5 nitrogen and oxygen atoms in total. The lowest BCUT2D eigenvalue weighted by Crippen LogP contribution is -2.29. The van der Waals surface area contributed by atoms with E-state index in [1.165, 1.54) is 38.5 Å². The molecule has 4 rings (SSSR count). The first-order valence-electron chi connectivity index (χ1n) is 11.9. The lowest BCUT2D eigenvalue weighted by Gasteiger charge is -2.25. The molecule has 2 aromatic carbocycles. The van der Waals surface area contributed by atoms with Gasteiger partial charge in [0.1, 0.15) is 4.87 Å². The van der Waals surface area contributed by atoms with Gasteiger partial charge in [-0.2, -0.15) is 0 Å². The Labute approximate surface area is 202 Å². The fourth-order valence-corrected chi connectivity index (χ4v) is 6.73. The molecule has 1 aliphatic heterocycles. The normalized spacial score (nSPS) is 22.1. The van der Waals surface area contributed by atoms with E-state index in [1.54, 1.807) is 30.0 Å². The fourth-order valence-electron chi connectivity index (χ4n) is 4.78. The van der Waals surface area contributed by atoms with E-state index in [0.717, 1.165) is 17.0 Å². The lowest BCUT2D eigenvalue weighted by atomic mass is 9.85. The van der Waals surface area contributed by atoms with Crippen LogP contribution in [0.5, 0.6) is 0 Å². The van der Waals surface area contributed by atoms with Crippen LogP contribution in [-0.4, -0.2) is 14.5 Å². The van der Waals surface area contributed by atoms with Crippen molar-refractivity contribution in [3.05, 3.63) is 71.3 Å². The summed E-state index contributed by atoms with van der Waals surface area (Å²) in [6.07, 6.45) is 9.83. The molecule has 1 heterocycles. The first-order chi connectivity index (χ1) is 15.9. The van der Waals surface area contributed by atoms with E-state index in [4.69, 9.17) is 0 Å². The fraction of sp³-hybridized carbons (Fsp3) is 0.462. The highest BCUT2D eigenvalue weighted by Gasteiger charge is 2.29. The summed E-state index contributed by atoms with van der Waals surface area (Å²) in [6.45, 7) is 4.92. The number of anilines is 1. The molecular weight excluding hydrogens is 450 g/mol. The van der Waals surface area contributed by atoms with Crippen LogP contribution in [-0.2, 0) is 21.4 Å². The summed E-state index contributed by atoms with van der Waals surface area (Å²) in [4.78, 5) is -0.0917. The van der Waals surface area contributed by atoms with Gasteiger partial charge in [0.15, 0.2) is 0 Å². The van der Waals surface area contributed by atoms with E-state index in [9.17, 15) is 8.42 Å². The highest BCUT2D eigenvalue weighted by atomic mass is 32.2. The molecule has 7 heteroatoms. The van der Waals surface area contributed by atoms with Crippen molar-refractivity contribution in [3.63, 3.8) is 0 Å². The number of hydrogen-bond donors (Lipinski definition) is 3. The molecule has 1 fully saturated rings. The van der Waals surface area contributed by atoms with Gasteiger partial charge in [-0.3, -0.25) is 4.72 Å². The number of sulfonamides is 1. The Morgan fingerprint density at radius 3 is 2.67 bits per heavy atom. The van der Waals surface area contributed by atoms with Crippen molar-refractivity contribution in [2.75, 3.05) is 4.72 Å². The number of para-hydroxylation sites is 1. The number of benzene rings is 2. The third kappa shape index (κ3) is 6.14. The predicted molar refractivity (Wildman–Crippen MR) is 138 cm³/mol. The van der Waals surface area contributed by atoms with E-state index >= 15 is 0 Å². The molecule has 0 spiro atoms. The van der Waals surface area contributed by atoms with E-state index in [-0.39, 0.29) is 9.77 Å². The average Bonchev–Trinajstić information content (AvgIpc) is 3.27. The highest BCUT2D eigenvalue weighted by Crippen LogP contribution is 2.38. The summed E-state index contributed by atoms with van der Waals surface area (Å²) >= 11 is 1.63. The van der Waals surface area contributed by atoms with Gasteiger partial charge in [-0.1, -0.05) is 74.2 Å². The van der Waals surface area contributed by atoms with Crippen LogP contribution in [0.1, 0.15) is 63.5 Å². The van der Waals surface area contributed by atoms with Crippen LogP contribution < -0.4 is 15.4 Å². The number of thioether (sulfide) groups is 1. The van der Waals surface area contributed by atoms with Crippen molar-refractivity contribution < 1.29 is 8.42 Å². The molecular formula is C26H35N3O2S2. The molecule has 2 aromatic rings. The Bertz CT molecular complexity index is 1070. The van der Waals surface area contributed by atoms with Gasteiger partial charge in [-0.05, 0) is 60.9 Å². The van der Waals surface area contributed by atoms with Crippen molar-refractivity contribution in [2.24, 2.45) is 5.92 Å². The van der Waals surface area contributed by atoms with Gasteiger partial charge in [-0.25, -0.2) is 8.42 Å². The van der Waals surface area contributed by atoms with Crippen molar-refractivity contribution in [1.82, 2.24) is 10.6 Å². The van der Waals surface area contributed by atoms with Crippen LogP contribution in [0.4, 0.5) is 5.69 Å². The SMILES string of the molecule is C[C@@H](CC1CCCCC1)NCc1ccccc1NS(=O)(=O)c1cccc(C2(C)NC=CS2)c1. The van der Waals surface area contributed by atoms with Gasteiger partial charge in [0.2, 0.25) is 0 Å². The van der Waals surface area contributed by atoms with E-state index in [2.05, 4.69) is 22.3 Å². The minimum Gasteiger partial charge on any atom is -0.373 e. The van der Waals surface area contributed by atoms with E-state index in [0.29, 0.717) is 18.3 Å². The summed E-state index contributed by atoms with van der Waals surface area (Å²) < 4.78 is 29.3. The molecule has 0 radical (unpaired) electrons. The summed E-state index contributed by atoms with van der Waals surface area (Å²) in [5, 5.41) is 8.90. The summed E-state index contributed by atoms with van der Waals surface area (Å²) in [5.74, 6) is 0.812. The average molecular weight is 486 g/mol. The topological polar surface area (TPSA) is 70.2 Å². The zero-order valence-corrected chi connectivity index (χ0v) is 21.1. The van der Waals surface area contributed by atoms with Crippen LogP contribution in [0.2, 0.25) is 0 Å². The van der Waals surface area contributed by atoms with E-state index < -0.39 is 10.0 Å². The number of hydrogen-bond acceptors (Lipinski definition) is 5. The van der Waals surface area contributed by atoms with Crippen LogP contribution >= 0.6 is 11.8 Å². The van der Waals surface area contributed by atoms with Crippen molar-refractivity contribution in [2.45, 2.75) is 74.7 Å². The van der Waals surface area contributed by atoms with Gasteiger partial charge >= 0.3 is 0 Å². The van der Waals surface area contributed by atoms with Gasteiger partial charge in [0.25, 0.3) is 10.0 Å². The minimum atomic E-state index is -3.71. The Morgan fingerprint density at radius 1 is 1.12 bits per heavy atom. The van der Waals surface area contributed by atoms with E-state index in [1.807, 2.05) is 48.9 Å². The van der Waals surface area contributed by atoms with Crippen molar-refractivity contribution >= 4 is 27.5 Å². The second-order valence-electron chi connectivity index (χ2n) is 9.41. The second kappa shape index (κ2) is 10.5. The number of nitrogens with one attached hydrogen (secondary N) is 3. The Morgan fingerprint density at radius 2 is 1.91 bits per heavy atom. The molecule has 0 aromatic heterocycles. The molecule has 1 unspecified atom stereocenters. The Kier molecular flexibility index (Phi) is 7.72. The number of rotatable bonds is 9. The third-order valence-corrected chi connectivity index (χ3v) is 9.20. The molecule has 0 amide bonds. The molecule has 1 aliphatic carbocycles. The van der Waals surface area contributed by atoms with Gasteiger partial charge < -0.3 is 10.6 Å². The molecule has 178 valence electrons. The lowest BCUT2D eigenvalue weighted by molar-refractivity contribution is 0.305. The van der Waals surface area contributed by atoms with Crippen LogP contribution in [0.15, 0.2) is 65.0 Å². The molecule has 0 bridgehead atoms.